The van der Waals surface area contributed by atoms with Gasteiger partial charge in [0.05, 0.1) is 17.8 Å². The molecular formula is C25H31Cl2N5O6S. The molecule has 14 heteroatoms. The number of amides is 1. The van der Waals surface area contributed by atoms with Crippen molar-refractivity contribution in [3.63, 3.8) is 0 Å². The third kappa shape index (κ3) is 8.46. The number of rotatable bonds is 11. The molecule has 0 aliphatic rings. The molecule has 0 radical (unpaired) electrons. The number of nitrogens with zero attached hydrogens (tertiary/aromatic N) is 2. The molecule has 39 heavy (non-hydrogen) atoms. The summed E-state index contributed by atoms with van der Waals surface area (Å²) < 4.78 is 42.7. The molecule has 0 fully saturated rings. The minimum absolute atomic E-state index is 0.0182. The van der Waals surface area contributed by atoms with Gasteiger partial charge in [-0.3, -0.25) is 10.0 Å². The summed E-state index contributed by atoms with van der Waals surface area (Å²) in [4.78, 5) is 29.6. The Morgan fingerprint density at radius 1 is 1.15 bits per heavy atom. The fourth-order valence-electron chi connectivity index (χ4n) is 3.68. The number of hydrogen-bond acceptors (Lipinski definition) is 7. The second-order valence-electron chi connectivity index (χ2n) is 9.41. The monoisotopic (exact) mass is 599 g/mol. The third-order valence-electron chi connectivity index (χ3n) is 5.13. The highest BCUT2D eigenvalue weighted by Crippen LogP contribution is 2.35. The molecule has 3 N–H and O–H groups in total. The number of nitrogens with one attached hydrogen (secondary N) is 3. The number of carbonyl (C=O) groups excluding carboxylic acids is 2. The van der Waals surface area contributed by atoms with Crippen LogP contribution in [0.5, 0.6) is 0 Å². The Labute approximate surface area is 237 Å². The summed E-state index contributed by atoms with van der Waals surface area (Å²) in [5.74, 6) is -0.213. The lowest BCUT2D eigenvalue weighted by Gasteiger charge is -2.19. The Hall–Kier alpha value is -3.06. The Morgan fingerprint density at radius 3 is 2.56 bits per heavy atom. The van der Waals surface area contributed by atoms with Crippen LogP contribution in [0.15, 0.2) is 36.5 Å². The van der Waals surface area contributed by atoms with Crippen LogP contribution in [0, 0.1) is 0 Å². The largest absolute Gasteiger partial charge is 0.461 e. The number of benzene rings is 1. The average molecular weight is 601 g/mol. The van der Waals surface area contributed by atoms with Crippen LogP contribution in [0.25, 0.3) is 10.9 Å². The lowest BCUT2D eigenvalue weighted by atomic mass is 10.2. The summed E-state index contributed by atoms with van der Waals surface area (Å²) in [5.41, 5.74) is 0.493. The van der Waals surface area contributed by atoms with Gasteiger partial charge in [-0.2, -0.15) is 13.1 Å². The number of alkyl halides is 1. The van der Waals surface area contributed by atoms with Crippen LogP contribution in [0.2, 0.25) is 5.02 Å². The van der Waals surface area contributed by atoms with Crippen LogP contribution in [-0.4, -0.2) is 54.7 Å². The maximum absolute atomic E-state index is 13.2. The number of halogens is 2. The molecule has 0 bridgehead atoms. The number of fused-ring (bicyclic) bond motifs is 1. The number of ether oxygens (including phenoxy) is 2. The molecule has 3 rings (SSSR count). The van der Waals surface area contributed by atoms with E-state index in [1.54, 1.807) is 62.6 Å². The van der Waals surface area contributed by atoms with Crippen molar-refractivity contribution in [2.24, 2.45) is 0 Å². The Morgan fingerprint density at radius 2 is 1.90 bits per heavy atom. The van der Waals surface area contributed by atoms with E-state index in [1.165, 1.54) is 6.20 Å². The van der Waals surface area contributed by atoms with E-state index in [2.05, 4.69) is 19.7 Å². The van der Waals surface area contributed by atoms with Gasteiger partial charge in [0.25, 0.3) is 10.2 Å². The maximum Gasteiger partial charge on any atom is 0.413 e. The first-order valence-electron chi connectivity index (χ1n) is 12.1. The van der Waals surface area contributed by atoms with E-state index in [0.717, 1.165) is 0 Å². The van der Waals surface area contributed by atoms with Crippen molar-refractivity contribution in [2.75, 3.05) is 29.1 Å². The molecule has 1 aromatic carbocycles. The highest BCUT2D eigenvalue weighted by atomic mass is 35.5. The predicted molar refractivity (Wildman–Crippen MR) is 152 cm³/mol. The summed E-state index contributed by atoms with van der Waals surface area (Å²) in [6.07, 6.45) is 1.25. The van der Waals surface area contributed by atoms with Crippen molar-refractivity contribution >= 4 is 67.9 Å². The lowest BCUT2D eigenvalue weighted by Crippen LogP contribution is -2.31. The fraction of sp³-hybridized carbons (Fsp3) is 0.400. The zero-order valence-corrected chi connectivity index (χ0v) is 24.3. The normalized spacial score (nSPS) is 11.8. The molecule has 0 saturated carbocycles. The van der Waals surface area contributed by atoms with Gasteiger partial charge in [0.1, 0.15) is 11.4 Å². The van der Waals surface area contributed by atoms with E-state index < -0.39 is 27.9 Å². The fourth-order valence-corrected chi connectivity index (χ4v) is 4.95. The molecule has 11 nitrogen and oxygen atoms in total. The Balaban J connectivity index is 2.08. The zero-order valence-electron chi connectivity index (χ0n) is 22.0. The predicted octanol–water partition coefficient (Wildman–Crippen LogP) is 5.14. The van der Waals surface area contributed by atoms with E-state index >= 15 is 0 Å². The maximum atomic E-state index is 13.2. The average Bonchev–Trinajstić information content (AvgIpc) is 3.09. The molecule has 3 aromatic rings. The van der Waals surface area contributed by atoms with Crippen molar-refractivity contribution in [2.45, 2.75) is 46.3 Å². The van der Waals surface area contributed by atoms with Gasteiger partial charge in [0.15, 0.2) is 5.69 Å². The van der Waals surface area contributed by atoms with E-state index in [0.29, 0.717) is 27.9 Å². The van der Waals surface area contributed by atoms with Crippen LogP contribution in [0.1, 0.15) is 50.2 Å². The standard InChI is InChI=1S/C25H31Cl2N5O6S/c1-5-37-23(33)22-21(31-39(35,36)29-11-6-10-26)18-14-17(27)7-8-19(18)32(22)15-16-9-12-28-20(13-16)30-24(34)38-25(2,3)4/h7-9,12-14,29,31H,5-6,10-11,15H2,1-4H3,(H,28,30,34). The van der Waals surface area contributed by atoms with Gasteiger partial charge < -0.3 is 14.0 Å². The SMILES string of the molecule is CCOC(=O)c1c(NS(=O)(=O)NCCCCl)c2cc(Cl)ccc2n1Cc1ccnc(NC(=O)OC(C)(C)C)c1. The summed E-state index contributed by atoms with van der Waals surface area (Å²) in [6.45, 7) is 7.18. The van der Waals surface area contributed by atoms with E-state index in [-0.39, 0.29) is 42.8 Å². The smallest absolute Gasteiger partial charge is 0.413 e. The van der Waals surface area contributed by atoms with E-state index in [9.17, 15) is 18.0 Å². The molecule has 2 aromatic heterocycles. The zero-order chi connectivity index (χ0) is 28.8. The number of aromatic nitrogens is 2. The second kappa shape index (κ2) is 12.9. The molecule has 0 atom stereocenters. The topological polar surface area (TPSA) is 141 Å². The minimum Gasteiger partial charge on any atom is -0.461 e. The summed E-state index contributed by atoms with van der Waals surface area (Å²) in [7, 11) is -4.07. The number of pyridine rings is 1. The molecule has 0 saturated heterocycles. The van der Waals surface area contributed by atoms with Crippen molar-refractivity contribution in [3.05, 3.63) is 52.8 Å². The van der Waals surface area contributed by atoms with Crippen LogP contribution < -0.4 is 14.8 Å². The number of anilines is 2. The summed E-state index contributed by atoms with van der Waals surface area (Å²) in [5, 5.41) is 3.33. The van der Waals surface area contributed by atoms with Crippen molar-refractivity contribution in [1.29, 1.82) is 0 Å². The van der Waals surface area contributed by atoms with Gasteiger partial charge >= 0.3 is 12.1 Å². The Kier molecular flexibility index (Phi) is 10.1. The summed E-state index contributed by atoms with van der Waals surface area (Å²) >= 11 is 11.9. The van der Waals surface area contributed by atoms with Gasteiger partial charge in [-0.1, -0.05) is 11.6 Å². The van der Waals surface area contributed by atoms with Crippen LogP contribution in [0.3, 0.4) is 0 Å². The molecule has 2 heterocycles. The van der Waals surface area contributed by atoms with Crippen molar-refractivity contribution < 1.29 is 27.5 Å². The molecule has 0 spiro atoms. The van der Waals surface area contributed by atoms with Crippen molar-refractivity contribution in [3.8, 4) is 0 Å². The van der Waals surface area contributed by atoms with E-state index in [4.69, 9.17) is 32.7 Å². The minimum atomic E-state index is -4.07. The first-order chi connectivity index (χ1) is 18.3. The molecule has 212 valence electrons. The first-order valence-corrected chi connectivity index (χ1v) is 14.5. The highest BCUT2D eigenvalue weighted by Gasteiger charge is 2.27. The Bertz CT molecular complexity index is 1450. The van der Waals surface area contributed by atoms with E-state index in [1.807, 2.05) is 0 Å². The molecule has 0 aliphatic carbocycles. The van der Waals surface area contributed by atoms with Gasteiger partial charge in [0.2, 0.25) is 0 Å². The van der Waals surface area contributed by atoms with Crippen LogP contribution in [0.4, 0.5) is 16.3 Å². The lowest BCUT2D eigenvalue weighted by molar-refractivity contribution is 0.0515. The quantitative estimate of drug-likeness (QED) is 0.157. The van der Waals surface area contributed by atoms with Crippen LogP contribution >= 0.6 is 23.2 Å². The number of esters is 1. The first kappa shape index (κ1) is 30.5. The van der Waals surface area contributed by atoms with Crippen molar-refractivity contribution in [1.82, 2.24) is 14.3 Å². The molecular weight excluding hydrogens is 569 g/mol. The molecule has 0 unspecified atom stereocenters. The highest BCUT2D eigenvalue weighted by molar-refractivity contribution is 7.90. The molecule has 0 aliphatic heterocycles. The second-order valence-corrected chi connectivity index (χ2v) is 11.7. The molecule has 1 amide bonds. The number of hydrogen-bond donors (Lipinski definition) is 3. The van der Waals surface area contributed by atoms with Gasteiger partial charge in [0, 0.05) is 35.6 Å². The van der Waals surface area contributed by atoms with Gasteiger partial charge in [-0.05, 0) is 70.0 Å². The van der Waals surface area contributed by atoms with Crippen LogP contribution in [-0.2, 0) is 26.2 Å². The third-order valence-corrected chi connectivity index (χ3v) is 6.69. The van der Waals surface area contributed by atoms with Gasteiger partial charge in [-0.25, -0.2) is 14.6 Å². The number of carbonyl (C=O) groups is 2. The summed E-state index contributed by atoms with van der Waals surface area (Å²) in [6, 6.07) is 8.20. The van der Waals surface area contributed by atoms with Gasteiger partial charge in [-0.15, -0.1) is 11.6 Å².